The van der Waals surface area contributed by atoms with Crippen molar-refractivity contribution < 1.29 is 4.74 Å². The summed E-state index contributed by atoms with van der Waals surface area (Å²) in [6.45, 7) is 1.92. The van der Waals surface area contributed by atoms with Crippen LogP contribution in [-0.2, 0) is 5.88 Å². The highest BCUT2D eigenvalue weighted by Gasteiger charge is 2.05. The molecule has 2 rings (SSSR count). The highest BCUT2D eigenvalue weighted by Crippen LogP contribution is 2.27. The van der Waals surface area contributed by atoms with Crippen molar-refractivity contribution in [2.75, 3.05) is 0 Å². The number of hydrogen-bond donors (Lipinski definition) is 0. The average Bonchev–Trinajstić information content (AvgIpc) is 2.32. The van der Waals surface area contributed by atoms with Crippen molar-refractivity contribution in [1.29, 1.82) is 0 Å². The first kappa shape index (κ1) is 12.4. The normalized spacial score (nSPS) is 10.3. The lowest BCUT2D eigenvalue weighted by molar-refractivity contribution is 0.477. The molecule has 1 aromatic carbocycles. The monoisotopic (exact) mass is 311 g/mol. The van der Waals surface area contributed by atoms with Crippen molar-refractivity contribution >= 4 is 27.5 Å². The first-order chi connectivity index (χ1) is 8.19. The van der Waals surface area contributed by atoms with Crippen LogP contribution in [0.2, 0.25) is 0 Å². The Hall–Kier alpha value is -1.06. The molecule has 0 aliphatic rings. The Kier molecular flexibility index (Phi) is 4.02. The molecule has 0 aliphatic heterocycles. The third kappa shape index (κ3) is 3.20. The third-order valence-corrected chi connectivity index (χ3v) is 3.08. The van der Waals surface area contributed by atoms with Crippen LogP contribution in [0.4, 0.5) is 0 Å². The summed E-state index contributed by atoms with van der Waals surface area (Å²) in [6.07, 6.45) is 1.75. The summed E-state index contributed by atoms with van der Waals surface area (Å²) in [4.78, 5) is 4.19. The van der Waals surface area contributed by atoms with E-state index in [0.717, 1.165) is 27.2 Å². The van der Waals surface area contributed by atoms with Crippen molar-refractivity contribution in [3.8, 4) is 11.5 Å². The molecule has 0 fully saturated rings. The molecule has 1 heterocycles. The van der Waals surface area contributed by atoms with Gasteiger partial charge in [0.25, 0.3) is 0 Å². The summed E-state index contributed by atoms with van der Waals surface area (Å²) in [5.41, 5.74) is 1.80. The van der Waals surface area contributed by atoms with Crippen LogP contribution in [-0.4, -0.2) is 4.98 Å². The molecule has 17 heavy (non-hydrogen) atoms. The zero-order valence-electron chi connectivity index (χ0n) is 9.28. The van der Waals surface area contributed by atoms with Crippen LogP contribution < -0.4 is 4.74 Å². The number of aryl methyl sites for hydroxylation is 1. The summed E-state index contributed by atoms with van der Waals surface area (Å²) >= 11 is 9.23. The molecule has 2 nitrogen and oxygen atoms in total. The SMILES string of the molecule is Cc1cc(Oc2ccc(Br)cc2)c(CCl)cn1. The first-order valence-corrected chi connectivity index (χ1v) is 6.46. The van der Waals surface area contributed by atoms with Crippen molar-refractivity contribution in [3.05, 3.63) is 52.3 Å². The number of rotatable bonds is 3. The summed E-state index contributed by atoms with van der Waals surface area (Å²) in [7, 11) is 0. The molecule has 0 amide bonds. The minimum atomic E-state index is 0.388. The fourth-order valence-corrected chi connectivity index (χ4v) is 1.85. The number of hydrogen-bond acceptors (Lipinski definition) is 2. The van der Waals surface area contributed by atoms with E-state index in [-0.39, 0.29) is 0 Å². The summed E-state index contributed by atoms with van der Waals surface area (Å²) in [5.74, 6) is 1.93. The lowest BCUT2D eigenvalue weighted by atomic mass is 10.2. The highest BCUT2D eigenvalue weighted by atomic mass is 79.9. The lowest BCUT2D eigenvalue weighted by Gasteiger charge is -2.10. The van der Waals surface area contributed by atoms with E-state index in [1.807, 2.05) is 37.3 Å². The maximum atomic E-state index is 5.85. The van der Waals surface area contributed by atoms with E-state index >= 15 is 0 Å². The molecule has 0 bridgehead atoms. The van der Waals surface area contributed by atoms with Gasteiger partial charge in [0.15, 0.2) is 0 Å². The zero-order valence-corrected chi connectivity index (χ0v) is 11.6. The van der Waals surface area contributed by atoms with Crippen LogP contribution in [0.3, 0.4) is 0 Å². The van der Waals surface area contributed by atoms with Crippen LogP contribution in [0.15, 0.2) is 41.0 Å². The van der Waals surface area contributed by atoms with E-state index in [1.54, 1.807) is 6.20 Å². The minimum absolute atomic E-state index is 0.388. The molecule has 0 spiro atoms. The number of ether oxygens (including phenoxy) is 1. The van der Waals surface area contributed by atoms with E-state index in [2.05, 4.69) is 20.9 Å². The van der Waals surface area contributed by atoms with Gasteiger partial charge in [0.1, 0.15) is 11.5 Å². The van der Waals surface area contributed by atoms with Gasteiger partial charge >= 0.3 is 0 Å². The Morgan fingerprint density at radius 3 is 2.65 bits per heavy atom. The second-order valence-electron chi connectivity index (χ2n) is 3.62. The lowest BCUT2D eigenvalue weighted by Crippen LogP contribution is -1.92. The maximum Gasteiger partial charge on any atom is 0.135 e. The maximum absolute atomic E-state index is 5.85. The Morgan fingerprint density at radius 2 is 2.00 bits per heavy atom. The van der Waals surface area contributed by atoms with E-state index < -0.39 is 0 Å². The van der Waals surface area contributed by atoms with Gasteiger partial charge in [-0.05, 0) is 31.2 Å². The standard InChI is InChI=1S/C13H11BrClNO/c1-9-6-13(10(7-15)8-16-9)17-12-4-2-11(14)3-5-12/h2-6,8H,7H2,1H3. The van der Waals surface area contributed by atoms with Gasteiger partial charge in [-0.25, -0.2) is 0 Å². The number of nitrogens with zero attached hydrogens (tertiary/aromatic N) is 1. The van der Waals surface area contributed by atoms with Crippen LogP contribution in [0, 0.1) is 6.92 Å². The fourth-order valence-electron chi connectivity index (χ4n) is 1.39. The first-order valence-electron chi connectivity index (χ1n) is 5.14. The van der Waals surface area contributed by atoms with Gasteiger partial charge in [0.05, 0.1) is 5.88 Å². The third-order valence-electron chi connectivity index (χ3n) is 2.27. The number of benzene rings is 1. The molecular weight excluding hydrogens is 302 g/mol. The molecule has 0 atom stereocenters. The van der Waals surface area contributed by atoms with Crippen molar-refractivity contribution in [1.82, 2.24) is 4.98 Å². The van der Waals surface area contributed by atoms with Gasteiger partial charge in [-0.15, -0.1) is 11.6 Å². The van der Waals surface area contributed by atoms with Gasteiger partial charge < -0.3 is 4.74 Å². The molecule has 1 aromatic heterocycles. The fraction of sp³-hybridized carbons (Fsp3) is 0.154. The van der Waals surface area contributed by atoms with Crippen LogP contribution >= 0.6 is 27.5 Å². The van der Waals surface area contributed by atoms with Gasteiger partial charge in [-0.1, -0.05) is 15.9 Å². The summed E-state index contributed by atoms with van der Waals surface area (Å²) in [6, 6.07) is 9.56. The molecule has 0 saturated carbocycles. The molecule has 88 valence electrons. The van der Waals surface area contributed by atoms with Crippen LogP contribution in [0.1, 0.15) is 11.3 Å². The molecule has 0 radical (unpaired) electrons. The van der Waals surface area contributed by atoms with Gasteiger partial charge in [0, 0.05) is 28.0 Å². The quantitative estimate of drug-likeness (QED) is 0.767. The molecule has 0 aliphatic carbocycles. The zero-order chi connectivity index (χ0) is 12.3. The Morgan fingerprint density at radius 1 is 1.29 bits per heavy atom. The second-order valence-corrected chi connectivity index (χ2v) is 4.81. The van der Waals surface area contributed by atoms with E-state index in [9.17, 15) is 0 Å². The van der Waals surface area contributed by atoms with E-state index in [0.29, 0.717) is 5.88 Å². The molecule has 0 N–H and O–H groups in total. The topological polar surface area (TPSA) is 22.1 Å². The van der Waals surface area contributed by atoms with Crippen LogP contribution in [0.25, 0.3) is 0 Å². The number of pyridine rings is 1. The van der Waals surface area contributed by atoms with Gasteiger partial charge in [0.2, 0.25) is 0 Å². The summed E-state index contributed by atoms with van der Waals surface area (Å²) < 4.78 is 6.81. The Labute approximate surface area is 114 Å². The predicted molar refractivity (Wildman–Crippen MR) is 72.7 cm³/mol. The van der Waals surface area contributed by atoms with Crippen molar-refractivity contribution in [2.45, 2.75) is 12.8 Å². The number of aromatic nitrogens is 1. The molecule has 0 saturated heterocycles. The number of alkyl halides is 1. The summed E-state index contributed by atoms with van der Waals surface area (Å²) in [5, 5.41) is 0. The smallest absolute Gasteiger partial charge is 0.135 e. The second kappa shape index (κ2) is 5.52. The largest absolute Gasteiger partial charge is 0.457 e. The minimum Gasteiger partial charge on any atom is -0.457 e. The average molecular weight is 313 g/mol. The molecule has 4 heteroatoms. The predicted octanol–water partition coefficient (Wildman–Crippen LogP) is 4.68. The van der Waals surface area contributed by atoms with E-state index in [4.69, 9.17) is 16.3 Å². The molecule has 0 unspecified atom stereocenters. The van der Waals surface area contributed by atoms with Gasteiger partial charge in [-0.2, -0.15) is 0 Å². The van der Waals surface area contributed by atoms with Crippen molar-refractivity contribution in [2.24, 2.45) is 0 Å². The van der Waals surface area contributed by atoms with Crippen molar-refractivity contribution in [3.63, 3.8) is 0 Å². The molecular formula is C13H11BrClNO. The molecule has 2 aromatic rings. The number of halogens is 2. The van der Waals surface area contributed by atoms with E-state index in [1.165, 1.54) is 0 Å². The Balaban J connectivity index is 2.28. The van der Waals surface area contributed by atoms with Gasteiger partial charge in [-0.3, -0.25) is 4.98 Å². The van der Waals surface area contributed by atoms with Crippen LogP contribution in [0.5, 0.6) is 11.5 Å². The highest BCUT2D eigenvalue weighted by molar-refractivity contribution is 9.10. The Bertz CT molecular complexity index is 513.